The maximum atomic E-state index is 13.0. The predicted octanol–water partition coefficient (Wildman–Crippen LogP) is 2.44. The molecule has 0 aromatic carbocycles. The molecule has 7 heteroatoms. The van der Waals surface area contributed by atoms with Crippen molar-refractivity contribution in [1.82, 2.24) is 10.2 Å². The van der Waals surface area contributed by atoms with Crippen molar-refractivity contribution in [2.45, 2.75) is 25.1 Å². The van der Waals surface area contributed by atoms with E-state index in [1.165, 1.54) is 0 Å². The number of nitrogens with zero attached hydrogens (tertiary/aromatic N) is 1. The van der Waals surface area contributed by atoms with Gasteiger partial charge in [-0.15, -0.1) is 23.1 Å². The molecule has 3 aliphatic rings. The molecule has 0 spiro atoms. The molecule has 0 aliphatic carbocycles. The van der Waals surface area contributed by atoms with Crippen molar-refractivity contribution in [3.63, 3.8) is 0 Å². The zero-order chi connectivity index (χ0) is 16.8. The number of allylic oxidation sites excluding steroid dienone is 1. The van der Waals surface area contributed by atoms with E-state index in [9.17, 15) is 9.59 Å². The minimum atomic E-state index is -0.347. The lowest BCUT2D eigenvalue weighted by Crippen LogP contribution is -2.31. The number of carbonyl (C=O) groups is 2. The van der Waals surface area contributed by atoms with Gasteiger partial charge in [-0.2, -0.15) is 0 Å². The fraction of sp³-hybridized carbons (Fsp3) is 0.412. The van der Waals surface area contributed by atoms with E-state index in [2.05, 4.69) is 5.32 Å². The van der Waals surface area contributed by atoms with Crippen LogP contribution in [0.4, 0.5) is 0 Å². The van der Waals surface area contributed by atoms with E-state index in [4.69, 9.17) is 4.74 Å². The molecular formula is C17H18N2O3S2. The van der Waals surface area contributed by atoms with Crippen molar-refractivity contribution >= 4 is 35.0 Å². The molecule has 1 aromatic rings. The molecular weight excluding hydrogens is 344 g/mol. The molecule has 3 aliphatic heterocycles. The van der Waals surface area contributed by atoms with Gasteiger partial charge in [-0.25, -0.2) is 4.79 Å². The van der Waals surface area contributed by atoms with Crippen molar-refractivity contribution < 1.29 is 14.3 Å². The average molecular weight is 362 g/mol. The topological polar surface area (TPSA) is 58.6 Å². The number of rotatable bonds is 3. The van der Waals surface area contributed by atoms with Crippen LogP contribution in [-0.4, -0.2) is 41.1 Å². The number of hydrogen-bond acceptors (Lipinski definition) is 6. The fourth-order valence-electron chi connectivity index (χ4n) is 3.58. The zero-order valence-corrected chi connectivity index (χ0v) is 15.1. The van der Waals surface area contributed by atoms with E-state index < -0.39 is 0 Å². The van der Waals surface area contributed by atoms with E-state index in [1.807, 2.05) is 29.3 Å². The van der Waals surface area contributed by atoms with Crippen LogP contribution in [0.2, 0.25) is 0 Å². The first-order valence-corrected chi connectivity index (χ1v) is 9.91. The molecule has 0 bridgehead atoms. The Morgan fingerprint density at radius 1 is 1.50 bits per heavy atom. The Morgan fingerprint density at radius 3 is 3.04 bits per heavy atom. The first-order valence-electron chi connectivity index (χ1n) is 7.98. The van der Waals surface area contributed by atoms with Gasteiger partial charge in [0.05, 0.1) is 29.4 Å². The Morgan fingerprint density at radius 2 is 2.33 bits per heavy atom. The fourth-order valence-corrected chi connectivity index (χ4v) is 5.68. The van der Waals surface area contributed by atoms with Crippen LogP contribution < -0.4 is 5.32 Å². The Bertz CT molecular complexity index is 767. The third kappa shape index (κ3) is 2.22. The maximum Gasteiger partial charge on any atom is 0.336 e. The van der Waals surface area contributed by atoms with E-state index in [0.717, 1.165) is 28.6 Å². The summed E-state index contributed by atoms with van der Waals surface area (Å²) in [4.78, 5) is 28.5. The zero-order valence-electron chi connectivity index (χ0n) is 13.5. The highest BCUT2D eigenvalue weighted by atomic mass is 32.2. The van der Waals surface area contributed by atoms with Gasteiger partial charge in [-0.3, -0.25) is 4.79 Å². The molecule has 0 saturated carbocycles. The first kappa shape index (κ1) is 15.8. The number of esters is 1. The smallest absolute Gasteiger partial charge is 0.336 e. The molecule has 5 nitrogen and oxygen atoms in total. The largest absolute Gasteiger partial charge is 0.463 e. The van der Waals surface area contributed by atoms with Crippen LogP contribution in [-0.2, 0) is 14.3 Å². The molecule has 24 heavy (non-hydrogen) atoms. The minimum absolute atomic E-state index is 0.0419. The Hall–Kier alpha value is -1.73. The van der Waals surface area contributed by atoms with Gasteiger partial charge < -0.3 is 15.0 Å². The number of fused-ring (bicyclic) bond motifs is 2. The van der Waals surface area contributed by atoms with Crippen LogP contribution in [0.15, 0.2) is 40.1 Å². The molecule has 4 rings (SSSR count). The third-order valence-corrected chi connectivity index (χ3v) is 6.71. The van der Waals surface area contributed by atoms with E-state index >= 15 is 0 Å². The van der Waals surface area contributed by atoms with Crippen LogP contribution in [0.25, 0.3) is 0 Å². The number of thiophene rings is 1. The summed E-state index contributed by atoms with van der Waals surface area (Å²) in [5.41, 5.74) is 3.00. The van der Waals surface area contributed by atoms with Crippen LogP contribution in [0.1, 0.15) is 24.6 Å². The molecule has 1 amide bonds. The van der Waals surface area contributed by atoms with Crippen LogP contribution >= 0.6 is 23.1 Å². The maximum absolute atomic E-state index is 13.0. The molecule has 2 atom stereocenters. The highest BCUT2D eigenvalue weighted by Crippen LogP contribution is 2.48. The Kier molecular flexibility index (Phi) is 3.92. The summed E-state index contributed by atoms with van der Waals surface area (Å²) in [6, 6.07) is 3.94. The molecule has 1 aromatic heterocycles. The number of ether oxygens (including phenoxy) is 1. The van der Waals surface area contributed by atoms with Crippen molar-refractivity contribution in [2.75, 3.05) is 18.9 Å². The summed E-state index contributed by atoms with van der Waals surface area (Å²) in [7, 11) is 0. The number of carbonyl (C=O) groups excluding carboxylic acids is 2. The van der Waals surface area contributed by atoms with E-state index in [1.54, 1.807) is 30.0 Å². The second-order valence-corrected chi connectivity index (χ2v) is 8.05. The quantitative estimate of drug-likeness (QED) is 0.837. The van der Waals surface area contributed by atoms with Gasteiger partial charge in [-0.05, 0) is 25.3 Å². The summed E-state index contributed by atoms with van der Waals surface area (Å²) in [6.07, 6.45) is 0. The molecule has 1 fully saturated rings. The summed E-state index contributed by atoms with van der Waals surface area (Å²) in [5, 5.41) is 5.37. The van der Waals surface area contributed by atoms with Gasteiger partial charge in [0, 0.05) is 22.9 Å². The molecule has 1 saturated heterocycles. The molecule has 1 N–H and O–H groups in total. The van der Waals surface area contributed by atoms with Crippen molar-refractivity contribution in [2.24, 2.45) is 0 Å². The van der Waals surface area contributed by atoms with E-state index in [-0.39, 0.29) is 23.2 Å². The molecule has 126 valence electrons. The highest BCUT2D eigenvalue weighted by molar-refractivity contribution is 8.00. The van der Waals surface area contributed by atoms with Crippen LogP contribution in [0.3, 0.4) is 0 Å². The van der Waals surface area contributed by atoms with E-state index in [0.29, 0.717) is 17.8 Å². The first-order chi connectivity index (χ1) is 11.6. The van der Waals surface area contributed by atoms with Gasteiger partial charge in [0.15, 0.2) is 0 Å². The summed E-state index contributed by atoms with van der Waals surface area (Å²) in [5.74, 6) is 0.311. The number of hydrogen-bond donors (Lipinski definition) is 1. The number of amides is 1. The van der Waals surface area contributed by atoms with Crippen molar-refractivity contribution in [3.05, 3.63) is 44.9 Å². The van der Waals surface area contributed by atoms with Gasteiger partial charge in [0.25, 0.3) is 5.91 Å². The number of nitrogens with one attached hydrogen (secondary N) is 1. The summed E-state index contributed by atoms with van der Waals surface area (Å²) >= 11 is 3.34. The Balaban J connectivity index is 1.84. The molecule has 0 radical (unpaired) electrons. The van der Waals surface area contributed by atoms with Gasteiger partial charge in [0.1, 0.15) is 5.37 Å². The lowest BCUT2D eigenvalue weighted by atomic mass is 9.84. The second kappa shape index (κ2) is 5.97. The average Bonchev–Trinajstić information content (AvgIpc) is 3.27. The Labute approximate surface area is 148 Å². The standard InChI is InChI=1S/C17H18N2O3S2/c1-3-22-17(21)11-9(2)18-14-13(12(11)10-5-4-7-23-10)15(20)19-6-8-24-16(14)19/h4-5,7,12,16,18H,3,6,8H2,1-2H3/t12-,16+/m1/s1. The predicted molar refractivity (Wildman–Crippen MR) is 94.5 cm³/mol. The normalized spacial score (nSPS) is 25.8. The molecule has 0 unspecified atom stereocenters. The van der Waals surface area contributed by atoms with Crippen LogP contribution in [0, 0.1) is 0 Å². The SMILES string of the molecule is CCOC(=O)C1=C(C)NC2=C(C(=O)N3CCS[C@@H]23)[C@@H]1c1cccs1. The van der Waals surface area contributed by atoms with Gasteiger partial charge in [-0.1, -0.05) is 6.07 Å². The highest BCUT2D eigenvalue weighted by Gasteiger charge is 2.49. The van der Waals surface area contributed by atoms with Gasteiger partial charge >= 0.3 is 5.97 Å². The summed E-state index contributed by atoms with van der Waals surface area (Å²) < 4.78 is 5.27. The van der Waals surface area contributed by atoms with Crippen molar-refractivity contribution in [3.8, 4) is 0 Å². The van der Waals surface area contributed by atoms with Crippen LogP contribution in [0.5, 0.6) is 0 Å². The number of dihydropyridines is 1. The lowest BCUT2D eigenvalue weighted by Gasteiger charge is -2.28. The third-order valence-electron chi connectivity index (χ3n) is 4.55. The minimum Gasteiger partial charge on any atom is -0.463 e. The lowest BCUT2D eigenvalue weighted by molar-refractivity contribution is -0.138. The monoisotopic (exact) mass is 362 g/mol. The summed E-state index contributed by atoms with van der Waals surface area (Å²) in [6.45, 7) is 4.76. The van der Waals surface area contributed by atoms with Gasteiger partial charge in [0.2, 0.25) is 0 Å². The molecule has 4 heterocycles. The number of thioether (sulfide) groups is 1. The second-order valence-electron chi connectivity index (χ2n) is 5.88. The van der Waals surface area contributed by atoms with Crippen molar-refractivity contribution in [1.29, 1.82) is 0 Å².